The van der Waals surface area contributed by atoms with Crippen molar-refractivity contribution in [1.82, 2.24) is 20.3 Å². The van der Waals surface area contributed by atoms with Gasteiger partial charge in [0, 0.05) is 6.20 Å². The lowest BCUT2D eigenvalue weighted by atomic mass is 10.1. The van der Waals surface area contributed by atoms with Crippen LogP contribution in [-0.4, -0.2) is 20.3 Å². The van der Waals surface area contributed by atoms with E-state index in [2.05, 4.69) is 20.3 Å². The number of rotatable bonds is 2. The van der Waals surface area contributed by atoms with Crippen molar-refractivity contribution in [2.24, 2.45) is 0 Å². The first-order chi connectivity index (χ1) is 9.66. The van der Waals surface area contributed by atoms with E-state index in [-0.39, 0.29) is 22.3 Å². The van der Waals surface area contributed by atoms with Gasteiger partial charge < -0.3 is 4.52 Å². The number of aryl methyl sites for hydroxylation is 1. The molecule has 0 radical (unpaired) electrons. The lowest BCUT2D eigenvalue weighted by molar-refractivity contribution is 0.429. The molecule has 2 heterocycles. The van der Waals surface area contributed by atoms with Crippen LogP contribution in [0.5, 0.6) is 0 Å². The zero-order valence-corrected chi connectivity index (χ0v) is 11.1. The molecule has 0 spiro atoms. The highest BCUT2D eigenvalue weighted by Gasteiger charge is 2.19. The maximum absolute atomic E-state index is 13.9. The molecule has 0 fully saturated rings. The molecule has 0 saturated heterocycles. The lowest BCUT2D eigenvalue weighted by Gasteiger charge is -2.03. The average Bonchev–Trinajstić information content (AvgIpc) is 2.94. The third-order valence-electron chi connectivity index (χ3n) is 2.73. The molecular formula is C13H8ClFN4O. The first kappa shape index (κ1) is 12.7. The minimum atomic E-state index is -0.519. The summed E-state index contributed by atoms with van der Waals surface area (Å²) in [5.74, 6) is -0.281. The number of hydrogen-bond acceptors (Lipinski definition) is 5. The van der Waals surface area contributed by atoms with Crippen molar-refractivity contribution in [1.29, 1.82) is 0 Å². The van der Waals surface area contributed by atoms with E-state index >= 15 is 0 Å². The van der Waals surface area contributed by atoms with Gasteiger partial charge in [-0.25, -0.2) is 4.39 Å². The molecule has 0 saturated carbocycles. The summed E-state index contributed by atoms with van der Waals surface area (Å²) in [6, 6.07) is 6.26. The molecule has 0 aliphatic carbocycles. The van der Waals surface area contributed by atoms with Gasteiger partial charge >= 0.3 is 0 Å². The Morgan fingerprint density at radius 1 is 1.25 bits per heavy atom. The molecule has 0 N–H and O–H groups in total. The Morgan fingerprint density at radius 3 is 2.85 bits per heavy atom. The van der Waals surface area contributed by atoms with Crippen molar-refractivity contribution < 1.29 is 8.91 Å². The molecule has 100 valence electrons. The van der Waals surface area contributed by atoms with Gasteiger partial charge in [0.25, 0.3) is 5.89 Å². The maximum Gasteiger partial charge on any atom is 0.262 e. The second-order valence-corrected chi connectivity index (χ2v) is 4.46. The van der Waals surface area contributed by atoms with Gasteiger partial charge in [0.15, 0.2) is 0 Å². The molecule has 0 aliphatic heterocycles. The van der Waals surface area contributed by atoms with E-state index in [1.807, 2.05) is 0 Å². The highest BCUT2D eigenvalue weighted by Crippen LogP contribution is 2.32. The molecule has 3 aromatic rings. The molecule has 0 amide bonds. The van der Waals surface area contributed by atoms with Crippen molar-refractivity contribution in [2.75, 3.05) is 0 Å². The van der Waals surface area contributed by atoms with Crippen molar-refractivity contribution in [3.05, 3.63) is 46.9 Å². The van der Waals surface area contributed by atoms with Gasteiger partial charge in [0.1, 0.15) is 11.5 Å². The highest BCUT2D eigenvalue weighted by atomic mass is 35.5. The molecule has 3 rings (SSSR count). The minimum Gasteiger partial charge on any atom is -0.333 e. The largest absolute Gasteiger partial charge is 0.333 e. The predicted molar refractivity (Wildman–Crippen MR) is 70.5 cm³/mol. The first-order valence-corrected chi connectivity index (χ1v) is 6.11. The fourth-order valence-corrected chi connectivity index (χ4v) is 1.94. The maximum atomic E-state index is 13.9. The van der Waals surface area contributed by atoms with E-state index in [0.717, 1.165) is 5.56 Å². The van der Waals surface area contributed by atoms with Crippen molar-refractivity contribution in [3.8, 4) is 23.0 Å². The van der Waals surface area contributed by atoms with E-state index in [4.69, 9.17) is 16.1 Å². The molecular weight excluding hydrogens is 283 g/mol. The third kappa shape index (κ3) is 2.14. The van der Waals surface area contributed by atoms with Crippen LogP contribution in [0.3, 0.4) is 0 Å². The molecule has 0 unspecified atom stereocenters. The van der Waals surface area contributed by atoms with Gasteiger partial charge in [-0.2, -0.15) is 10.1 Å². The van der Waals surface area contributed by atoms with E-state index in [1.165, 1.54) is 12.3 Å². The van der Waals surface area contributed by atoms with Crippen molar-refractivity contribution in [2.45, 2.75) is 6.92 Å². The van der Waals surface area contributed by atoms with Crippen LogP contribution in [-0.2, 0) is 0 Å². The monoisotopic (exact) mass is 290 g/mol. The summed E-state index contributed by atoms with van der Waals surface area (Å²) in [5.41, 5.74) is 1.25. The van der Waals surface area contributed by atoms with Gasteiger partial charge in [-0.1, -0.05) is 22.8 Å². The number of aromatic nitrogens is 4. The Hall–Kier alpha value is -2.34. The highest BCUT2D eigenvalue weighted by molar-refractivity contribution is 6.33. The molecule has 1 aromatic carbocycles. The SMILES string of the molecule is Cc1ccc(F)c(-c2nc(-c3cccnn3)no2)c1Cl. The fourth-order valence-electron chi connectivity index (χ4n) is 1.70. The van der Waals surface area contributed by atoms with E-state index in [1.54, 1.807) is 25.1 Å². The average molecular weight is 291 g/mol. The normalized spacial score (nSPS) is 10.8. The lowest BCUT2D eigenvalue weighted by Crippen LogP contribution is -1.90. The zero-order chi connectivity index (χ0) is 14.1. The summed E-state index contributed by atoms with van der Waals surface area (Å²) in [6.45, 7) is 1.77. The van der Waals surface area contributed by atoms with Crippen LogP contribution < -0.4 is 0 Å². The van der Waals surface area contributed by atoms with E-state index < -0.39 is 5.82 Å². The second kappa shape index (κ2) is 4.97. The van der Waals surface area contributed by atoms with Crippen LogP contribution >= 0.6 is 11.6 Å². The van der Waals surface area contributed by atoms with Crippen LogP contribution in [0.2, 0.25) is 5.02 Å². The van der Waals surface area contributed by atoms with Crippen LogP contribution in [0.15, 0.2) is 35.0 Å². The zero-order valence-electron chi connectivity index (χ0n) is 10.3. The van der Waals surface area contributed by atoms with E-state index in [0.29, 0.717) is 5.69 Å². The van der Waals surface area contributed by atoms with Gasteiger partial charge in [0.05, 0.1) is 10.6 Å². The van der Waals surface area contributed by atoms with Crippen LogP contribution in [0, 0.1) is 12.7 Å². The molecule has 7 heteroatoms. The minimum absolute atomic E-state index is 0.0110. The number of nitrogens with zero attached hydrogens (tertiary/aromatic N) is 4. The smallest absolute Gasteiger partial charge is 0.262 e. The second-order valence-electron chi connectivity index (χ2n) is 4.09. The summed E-state index contributed by atoms with van der Waals surface area (Å²) in [6.07, 6.45) is 1.53. The molecule has 0 atom stereocenters. The Morgan fingerprint density at radius 2 is 2.10 bits per heavy atom. The summed E-state index contributed by atoms with van der Waals surface area (Å²) >= 11 is 6.09. The number of halogens is 2. The molecule has 0 bridgehead atoms. The quantitative estimate of drug-likeness (QED) is 0.724. The van der Waals surface area contributed by atoms with Gasteiger partial charge in [-0.15, -0.1) is 5.10 Å². The number of hydrogen-bond donors (Lipinski definition) is 0. The molecule has 0 aliphatic rings. The Labute approximate surface area is 118 Å². The Balaban J connectivity index is 2.10. The molecule has 20 heavy (non-hydrogen) atoms. The van der Waals surface area contributed by atoms with Gasteiger partial charge in [-0.05, 0) is 30.7 Å². The van der Waals surface area contributed by atoms with Crippen LogP contribution in [0.4, 0.5) is 4.39 Å². The molecule has 2 aromatic heterocycles. The Kier molecular flexibility index (Phi) is 3.15. The van der Waals surface area contributed by atoms with Crippen molar-refractivity contribution in [3.63, 3.8) is 0 Å². The fraction of sp³-hybridized carbons (Fsp3) is 0.0769. The van der Waals surface area contributed by atoms with Gasteiger partial charge in [0.2, 0.25) is 5.82 Å². The Bertz CT molecular complexity index is 760. The van der Waals surface area contributed by atoms with Gasteiger partial charge in [-0.3, -0.25) is 0 Å². The van der Waals surface area contributed by atoms with Crippen LogP contribution in [0.25, 0.3) is 23.0 Å². The third-order valence-corrected chi connectivity index (χ3v) is 3.21. The summed E-state index contributed by atoms with van der Waals surface area (Å²) in [7, 11) is 0. The number of benzene rings is 1. The van der Waals surface area contributed by atoms with E-state index in [9.17, 15) is 4.39 Å². The standard InChI is InChI=1S/C13H8ClFN4O/c1-7-4-5-8(15)10(11(7)14)13-17-12(19-20-13)9-3-2-6-16-18-9/h2-6H,1H3. The summed E-state index contributed by atoms with van der Waals surface area (Å²) < 4.78 is 19.0. The first-order valence-electron chi connectivity index (χ1n) is 5.73. The topological polar surface area (TPSA) is 64.7 Å². The van der Waals surface area contributed by atoms with Crippen LogP contribution in [0.1, 0.15) is 5.56 Å². The summed E-state index contributed by atoms with van der Waals surface area (Å²) in [4.78, 5) is 4.11. The molecule has 5 nitrogen and oxygen atoms in total. The van der Waals surface area contributed by atoms with Crippen molar-refractivity contribution >= 4 is 11.6 Å². The predicted octanol–water partition coefficient (Wildman–Crippen LogP) is 3.29. The summed E-state index contributed by atoms with van der Waals surface area (Å²) in [5, 5.41) is 11.6.